The minimum absolute atomic E-state index is 0.0379. The van der Waals surface area contributed by atoms with E-state index in [9.17, 15) is 23.5 Å². The van der Waals surface area contributed by atoms with Crippen LogP contribution in [0.25, 0.3) is 0 Å². The molecule has 0 aromatic heterocycles. The number of benzene rings is 2. The van der Waals surface area contributed by atoms with E-state index < -0.39 is 35.0 Å². The maximum absolute atomic E-state index is 13.6. The highest BCUT2D eigenvalue weighted by atomic mass is 35.5. The van der Waals surface area contributed by atoms with Gasteiger partial charge in [-0.1, -0.05) is 11.6 Å². The van der Waals surface area contributed by atoms with Gasteiger partial charge in [-0.05, 0) is 80.8 Å². The Kier molecular flexibility index (Phi) is 6.55. The quantitative estimate of drug-likeness (QED) is 0.542. The van der Waals surface area contributed by atoms with Crippen molar-refractivity contribution in [3.05, 3.63) is 58.6 Å². The largest absolute Gasteiger partial charge is 0.484 e. The molecule has 2 atom stereocenters. The van der Waals surface area contributed by atoms with Crippen molar-refractivity contribution in [3.8, 4) is 11.5 Å². The second kappa shape index (κ2) is 9.52. The summed E-state index contributed by atoms with van der Waals surface area (Å²) in [6.07, 6.45) is 1.91. The van der Waals surface area contributed by atoms with Gasteiger partial charge < -0.3 is 25.2 Å². The Morgan fingerprint density at radius 2 is 1.89 bits per heavy atom. The topological polar surface area (TPSA) is 96.9 Å². The predicted octanol–water partition coefficient (Wildman–Crippen LogP) is 3.44. The van der Waals surface area contributed by atoms with E-state index >= 15 is 0 Å². The van der Waals surface area contributed by atoms with Crippen LogP contribution in [0.5, 0.6) is 11.5 Å². The molecule has 1 unspecified atom stereocenters. The molecule has 10 heteroatoms. The van der Waals surface area contributed by atoms with Crippen LogP contribution in [0.1, 0.15) is 44.1 Å². The number of ether oxygens (including phenoxy) is 2. The molecule has 3 N–H and O–H groups in total. The van der Waals surface area contributed by atoms with Gasteiger partial charge >= 0.3 is 0 Å². The monoisotopic (exact) mass is 520 g/mol. The Bertz CT molecular complexity index is 1180. The summed E-state index contributed by atoms with van der Waals surface area (Å²) in [5, 5.41) is 16.9. The van der Waals surface area contributed by atoms with E-state index in [1.807, 2.05) is 0 Å². The van der Waals surface area contributed by atoms with Crippen molar-refractivity contribution in [1.29, 1.82) is 0 Å². The summed E-state index contributed by atoms with van der Waals surface area (Å²) in [6.45, 7) is -0.332. The summed E-state index contributed by atoms with van der Waals surface area (Å²) in [5.41, 5.74) is -0.636. The zero-order chi connectivity index (χ0) is 25.5. The minimum atomic E-state index is -0.854. The Labute approximate surface area is 212 Å². The molecule has 0 saturated heterocycles. The number of halogens is 3. The third-order valence-electron chi connectivity index (χ3n) is 7.62. The van der Waals surface area contributed by atoms with E-state index in [0.29, 0.717) is 50.7 Å². The number of hydrogen-bond acceptors (Lipinski definition) is 5. The molecule has 1 heterocycles. The summed E-state index contributed by atoms with van der Waals surface area (Å²) in [6, 6.07) is 8.19. The Hall–Kier alpha value is -2.91. The first-order chi connectivity index (χ1) is 17.2. The van der Waals surface area contributed by atoms with Gasteiger partial charge in [-0.2, -0.15) is 0 Å². The van der Waals surface area contributed by atoms with Crippen molar-refractivity contribution in [1.82, 2.24) is 10.6 Å². The summed E-state index contributed by atoms with van der Waals surface area (Å²) in [4.78, 5) is 25.6. The number of hydrogen-bond donors (Lipinski definition) is 3. The lowest BCUT2D eigenvalue weighted by atomic mass is 9.59. The highest BCUT2D eigenvalue weighted by Crippen LogP contribution is 2.47. The number of aryl methyl sites for hydroxylation is 1. The molecule has 2 aromatic carbocycles. The fourth-order valence-electron chi connectivity index (χ4n) is 5.57. The maximum atomic E-state index is 13.6. The molecular formula is C26H27ClF2N2O5. The van der Waals surface area contributed by atoms with E-state index in [-0.39, 0.29) is 29.1 Å². The third-order valence-corrected chi connectivity index (χ3v) is 7.93. The van der Waals surface area contributed by atoms with Crippen molar-refractivity contribution in [2.45, 2.75) is 68.2 Å². The van der Waals surface area contributed by atoms with E-state index in [0.717, 1.165) is 11.6 Å². The average molecular weight is 521 g/mol. The lowest BCUT2D eigenvalue weighted by molar-refractivity contribution is -0.139. The van der Waals surface area contributed by atoms with Gasteiger partial charge in [0.1, 0.15) is 23.1 Å². The lowest BCUT2D eigenvalue weighted by Crippen LogP contribution is -2.71. The summed E-state index contributed by atoms with van der Waals surface area (Å²) < 4.78 is 38.2. The van der Waals surface area contributed by atoms with Gasteiger partial charge in [0, 0.05) is 11.6 Å². The summed E-state index contributed by atoms with van der Waals surface area (Å²) in [7, 11) is 0. The molecule has 0 spiro atoms. The molecule has 3 fully saturated rings. The van der Waals surface area contributed by atoms with Gasteiger partial charge in [-0.3, -0.25) is 9.59 Å². The van der Waals surface area contributed by atoms with Crippen molar-refractivity contribution in [2.24, 2.45) is 0 Å². The van der Waals surface area contributed by atoms with E-state index in [2.05, 4.69) is 10.6 Å². The fourth-order valence-corrected chi connectivity index (χ4v) is 5.69. The second-order valence-corrected chi connectivity index (χ2v) is 10.4. The highest BCUT2D eigenvalue weighted by molar-refractivity contribution is 6.30. The van der Waals surface area contributed by atoms with Crippen LogP contribution in [0.4, 0.5) is 8.78 Å². The first kappa shape index (κ1) is 24.8. The first-order valence-corrected chi connectivity index (χ1v) is 12.4. The number of aliphatic hydroxyl groups is 1. The van der Waals surface area contributed by atoms with E-state index in [1.165, 1.54) is 30.3 Å². The molecule has 6 rings (SSSR count). The van der Waals surface area contributed by atoms with Crippen LogP contribution in [0, 0.1) is 11.6 Å². The number of nitrogens with one attached hydrogen (secondary N) is 2. The minimum Gasteiger partial charge on any atom is -0.484 e. The predicted molar refractivity (Wildman–Crippen MR) is 127 cm³/mol. The van der Waals surface area contributed by atoms with Crippen molar-refractivity contribution in [2.75, 3.05) is 6.61 Å². The van der Waals surface area contributed by atoms with Gasteiger partial charge in [0.2, 0.25) is 0 Å². The van der Waals surface area contributed by atoms with E-state index in [4.69, 9.17) is 21.1 Å². The standard InChI is InChI=1S/C26H27ClF2N2O5/c27-18-4-3-17(12-19(18)29)35-14-23(33)30-26-9-7-25(8-10-26,13-22(26)32)31-24(34)21-5-1-15-11-16(28)2-6-20(15)36-21/h2-4,6,11-12,21-22,32H,1,5,7-10,13-14H2,(H,30,33)(H,31,34)/t21?,22-,25?,26?/m0/s1. The average Bonchev–Trinajstić information content (AvgIpc) is 2.85. The Morgan fingerprint density at radius 1 is 1.11 bits per heavy atom. The van der Waals surface area contributed by atoms with Crippen LogP contribution in [0.2, 0.25) is 5.02 Å². The van der Waals surface area contributed by atoms with Crippen molar-refractivity contribution < 1.29 is 33.0 Å². The second-order valence-electron chi connectivity index (χ2n) is 9.96. The number of aliphatic hydroxyl groups excluding tert-OH is 1. The number of rotatable bonds is 6. The molecule has 4 aliphatic rings. The molecule has 0 radical (unpaired) electrons. The number of carbonyl (C=O) groups is 2. The SMILES string of the molecule is O=C(COc1ccc(Cl)c(F)c1)NC12CCC(NC(=O)C3CCc4cc(F)ccc4O3)(CC1)C[C@@H]2O. The molecule has 1 aliphatic heterocycles. The smallest absolute Gasteiger partial charge is 0.261 e. The van der Waals surface area contributed by atoms with Gasteiger partial charge in [0.25, 0.3) is 11.8 Å². The highest BCUT2D eigenvalue weighted by Gasteiger charge is 2.55. The molecule has 2 amide bonds. The molecule has 2 aromatic rings. The number of carbonyl (C=O) groups excluding carboxylic acids is 2. The van der Waals surface area contributed by atoms with Crippen LogP contribution in [-0.4, -0.2) is 46.8 Å². The van der Waals surface area contributed by atoms with Crippen molar-refractivity contribution >= 4 is 23.4 Å². The van der Waals surface area contributed by atoms with E-state index in [1.54, 1.807) is 0 Å². The van der Waals surface area contributed by atoms with Crippen LogP contribution in [0.15, 0.2) is 36.4 Å². The van der Waals surface area contributed by atoms with Gasteiger partial charge in [0.05, 0.1) is 16.7 Å². The van der Waals surface area contributed by atoms with Crippen LogP contribution in [0.3, 0.4) is 0 Å². The Balaban J connectivity index is 1.16. The van der Waals surface area contributed by atoms with Crippen molar-refractivity contribution in [3.63, 3.8) is 0 Å². The molecule has 192 valence electrons. The zero-order valence-electron chi connectivity index (χ0n) is 19.5. The summed E-state index contributed by atoms with van der Waals surface area (Å²) in [5.74, 6) is -0.959. The van der Waals surface area contributed by atoms with Crippen LogP contribution in [-0.2, 0) is 16.0 Å². The fraction of sp³-hybridized carbons (Fsp3) is 0.462. The summed E-state index contributed by atoms with van der Waals surface area (Å²) >= 11 is 5.66. The van der Waals surface area contributed by atoms with Gasteiger partial charge in [-0.15, -0.1) is 0 Å². The molecule has 7 nitrogen and oxygen atoms in total. The van der Waals surface area contributed by atoms with Crippen LogP contribution < -0.4 is 20.1 Å². The molecule has 3 saturated carbocycles. The molecule has 3 aliphatic carbocycles. The third kappa shape index (κ3) is 4.86. The molecule has 36 heavy (non-hydrogen) atoms. The first-order valence-electron chi connectivity index (χ1n) is 12.0. The van der Waals surface area contributed by atoms with Crippen LogP contribution >= 0.6 is 11.6 Å². The molecular weight excluding hydrogens is 494 g/mol. The number of fused-ring (bicyclic) bond motifs is 4. The number of amides is 2. The zero-order valence-corrected chi connectivity index (χ0v) is 20.2. The Morgan fingerprint density at radius 3 is 2.61 bits per heavy atom. The lowest BCUT2D eigenvalue weighted by Gasteiger charge is -2.56. The maximum Gasteiger partial charge on any atom is 0.261 e. The van der Waals surface area contributed by atoms with Gasteiger partial charge in [0.15, 0.2) is 12.7 Å². The van der Waals surface area contributed by atoms with Gasteiger partial charge in [-0.25, -0.2) is 8.78 Å². The normalized spacial score (nSPS) is 28.6. The molecule has 2 bridgehead atoms.